The Balaban J connectivity index is 2.86. The molecule has 0 aliphatic rings. The minimum atomic E-state index is -0.824. The van der Waals surface area contributed by atoms with Crippen molar-refractivity contribution in [3.8, 4) is 0 Å². The van der Waals surface area contributed by atoms with Gasteiger partial charge in [-0.2, -0.15) is 0 Å². The second kappa shape index (κ2) is 5.03. The standard InChI is InChI=1S/C5H11O3/c1-2-8-4-5(7)3-6/h5,7H,2-4H2,1H3. The molecule has 0 saturated heterocycles. The van der Waals surface area contributed by atoms with Crippen LogP contribution in [0.5, 0.6) is 0 Å². The Morgan fingerprint density at radius 2 is 2.38 bits per heavy atom. The van der Waals surface area contributed by atoms with E-state index in [9.17, 15) is 5.11 Å². The number of hydrogen-bond acceptors (Lipinski definition) is 2. The molecule has 1 unspecified atom stereocenters. The predicted molar refractivity (Wildman–Crippen MR) is 28.1 cm³/mol. The van der Waals surface area contributed by atoms with Gasteiger partial charge in [-0.1, -0.05) is 0 Å². The summed E-state index contributed by atoms with van der Waals surface area (Å²) >= 11 is 0. The van der Waals surface area contributed by atoms with Gasteiger partial charge in [0.2, 0.25) is 0 Å². The zero-order valence-corrected chi connectivity index (χ0v) is 4.96. The van der Waals surface area contributed by atoms with E-state index in [4.69, 9.17) is 9.84 Å². The van der Waals surface area contributed by atoms with E-state index < -0.39 is 12.7 Å². The Labute approximate surface area is 48.9 Å². The predicted octanol–water partition coefficient (Wildman–Crippen LogP) is -0.186. The van der Waals surface area contributed by atoms with Crippen LogP contribution < -0.4 is 0 Å². The van der Waals surface area contributed by atoms with Gasteiger partial charge in [-0.25, -0.2) is 5.11 Å². The van der Waals surface area contributed by atoms with Crippen LogP contribution in [0.25, 0.3) is 0 Å². The molecule has 0 aliphatic carbocycles. The average molecular weight is 119 g/mol. The molecule has 8 heavy (non-hydrogen) atoms. The van der Waals surface area contributed by atoms with Crippen molar-refractivity contribution in [1.82, 2.24) is 0 Å². The van der Waals surface area contributed by atoms with E-state index in [-0.39, 0.29) is 6.61 Å². The summed E-state index contributed by atoms with van der Waals surface area (Å²) in [4.78, 5) is 0. The zero-order valence-electron chi connectivity index (χ0n) is 4.96. The lowest BCUT2D eigenvalue weighted by Crippen LogP contribution is -2.18. The first-order chi connectivity index (χ1) is 3.81. The van der Waals surface area contributed by atoms with E-state index in [1.54, 1.807) is 0 Å². The third-order valence-electron chi connectivity index (χ3n) is 0.707. The molecule has 0 aliphatic heterocycles. The molecule has 0 aromatic carbocycles. The maximum atomic E-state index is 9.81. The topological polar surface area (TPSA) is 49.4 Å². The van der Waals surface area contributed by atoms with Crippen molar-refractivity contribution in [3.05, 3.63) is 0 Å². The smallest absolute Gasteiger partial charge is 0.110 e. The van der Waals surface area contributed by atoms with Crippen molar-refractivity contribution >= 4 is 0 Å². The Hall–Kier alpha value is -0.120. The molecule has 0 rings (SSSR count). The second-order valence-electron chi connectivity index (χ2n) is 1.48. The lowest BCUT2D eigenvalue weighted by molar-refractivity contribution is -0.00876. The van der Waals surface area contributed by atoms with E-state index in [0.717, 1.165) is 0 Å². The van der Waals surface area contributed by atoms with Crippen LogP contribution in [-0.4, -0.2) is 31.0 Å². The van der Waals surface area contributed by atoms with Gasteiger partial charge in [0, 0.05) is 6.61 Å². The minimum Gasteiger partial charge on any atom is -0.388 e. The molecule has 0 bridgehead atoms. The van der Waals surface area contributed by atoms with Gasteiger partial charge >= 0.3 is 0 Å². The fourth-order valence-electron chi connectivity index (χ4n) is 0.302. The van der Waals surface area contributed by atoms with Crippen LogP contribution in [0.15, 0.2) is 0 Å². The Morgan fingerprint density at radius 3 is 2.75 bits per heavy atom. The monoisotopic (exact) mass is 119 g/mol. The maximum Gasteiger partial charge on any atom is 0.110 e. The summed E-state index contributed by atoms with van der Waals surface area (Å²) in [5.41, 5.74) is 0. The SMILES string of the molecule is CCOCC(O)C[O]. The lowest BCUT2D eigenvalue weighted by Gasteiger charge is -2.03. The van der Waals surface area contributed by atoms with Crippen LogP contribution in [0.4, 0.5) is 0 Å². The fraction of sp³-hybridized carbons (Fsp3) is 1.00. The Morgan fingerprint density at radius 1 is 1.75 bits per heavy atom. The van der Waals surface area contributed by atoms with Crippen molar-refractivity contribution in [1.29, 1.82) is 0 Å². The Kier molecular flexibility index (Phi) is 4.95. The van der Waals surface area contributed by atoms with Gasteiger partial charge in [-0.15, -0.1) is 0 Å². The first-order valence-electron chi connectivity index (χ1n) is 2.65. The maximum absolute atomic E-state index is 9.81. The first kappa shape index (κ1) is 7.88. The molecular formula is C5H11O3. The molecule has 0 aromatic rings. The van der Waals surface area contributed by atoms with Gasteiger partial charge < -0.3 is 9.84 Å². The van der Waals surface area contributed by atoms with Gasteiger partial charge in [0.05, 0.1) is 6.61 Å². The van der Waals surface area contributed by atoms with Gasteiger partial charge in [-0.3, -0.25) is 0 Å². The normalized spacial score (nSPS) is 13.9. The number of aliphatic hydroxyl groups excluding tert-OH is 1. The van der Waals surface area contributed by atoms with E-state index in [1.165, 1.54) is 0 Å². The highest BCUT2D eigenvalue weighted by Crippen LogP contribution is 1.81. The molecule has 0 amide bonds. The number of ether oxygens (including phenoxy) is 1. The van der Waals surface area contributed by atoms with Crippen LogP contribution in [-0.2, 0) is 9.84 Å². The summed E-state index contributed by atoms with van der Waals surface area (Å²) in [6.07, 6.45) is -0.824. The molecule has 1 N–H and O–H groups in total. The highest BCUT2D eigenvalue weighted by Gasteiger charge is 1.99. The summed E-state index contributed by atoms with van der Waals surface area (Å²) in [6, 6.07) is 0. The Bertz CT molecular complexity index is 46.9. The largest absolute Gasteiger partial charge is 0.388 e. The average Bonchev–Trinajstić information content (AvgIpc) is 1.83. The summed E-state index contributed by atoms with van der Waals surface area (Å²) in [5.74, 6) is 0. The van der Waals surface area contributed by atoms with Crippen molar-refractivity contribution in [2.24, 2.45) is 0 Å². The van der Waals surface area contributed by atoms with E-state index in [1.807, 2.05) is 6.92 Å². The highest BCUT2D eigenvalue weighted by atomic mass is 16.5. The van der Waals surface area contributed by atoms with Crippen molar-refractivity contribution in [3.63, 3.8) is 0 Å². The molecule has 0 spiro atoms. The van der Waals surface area contributed by atoms with E-state index >= 15 is 0 Å². The zero-order chi connectivity index (χ0) is 6.41. The molecule has 1 atom stereocenters. The molecule has 3 nitrogen and oxygen atoms in total. The molecule has 0 fully saturated rings. The highest BCUT2D eigenvalue weighted by molar-refractivity contribution is 4.46. The van der Waals surface area contributed by atoms with Gasteiger partial charge in [0.15, 0.2) is 0 Å². The number of hydrogen-bond donors (Lipinski definition) is 1. The lowest BCUT2D eigenvalue weighted by atomic mass is 10.4. The third-order valence-corrected chi connectivity index (χ3v) is 0.707. The quantitative estimate of drug-likeness (QED) is 0.557. The van der Waals surface area contributed by atoms with Gasteiger partial charge in [-0.05, 0) is 6.92 Å². The summed E-state index contributed by atoms with van der Waals surface area (Å²) in [5, 5.41) is 18.4. The number of aliphatic hydroxyl groups is 1. The minimum absolute atomic E-state index is 0.167. The molecule has 0 aromatic heterocycles. The van der Waals surface area contributed by atoms with E-state index in [2.05, 4.69) is 0 Å². The van der Waals surface area contributed by atoms with Crippen LogP contribution >= 0.6 is 0 Å². The molecular weight excluding hydrogens is 108 g/mol. The van der Waals surface area contributed by atoms with Crippen molar-refractivity contribution in [2.45, 2.75) is 13.0 Å². The van der Waals surface area contributed by atoms with Crippen LogP contribution in [0.2, 0.25) is 0 Å². The van der Waals surface area contributed by atoms with Gasteiger partial charge in [0.1, 0.15) is 12.7 Å². The second-order valence-corrected chi connectivity index (χ2v) is 1.48. The van der Waals surface area contributed by atoms with Crippen LogP contribution in [0.1, 0.15) is 6.92 Å². The summed E-state index contributed by atoms with van der Waals surface area (Å²) in [6.45, 7) is 2.06. The van der Waals surface area contributed by atoms with Crippen molar-refractivity contribution < 1.29 is 14.9 Å². The first-order valence-corrected chi connectivity index (χ1v) is 2.65. The van der Waals surface area contributed by atoms with Gasteiger partial charge in [0.25, 0.3) is 0 Å². The van der Waals surface area contributed by atoms with Crippen LogP contribution in [0.3, 0.4) is 0 Å². The molecule has 3 heteroatoms. The third kappa shape index (κ3) is 4.05. The molecule has 49 valence electrons. The molecule has 0 saturated carbocycles. The number of rotatable bonds is 4. The fourth-order valence-corrected chi connectivity index (χ4v) is 0.302. The molecule has 1 radical (unpaired) electrons. The molecule has 0 heterocycles. The van der Waals surface area contributed by atoms with Crippen LogP contribution in [0, 0.1) is 0 Å². The summed E-state index contributed by atoms with van der Waals surface area (Å²) < 4.78 is 4.74. The van der Waals surface area contributed by atoms with Crippen molar-refractivity contribution in [2.75, 3.05) is 19.8 Å². The summed E-state index contributed by atoms with van der Waals surface area (Å²) in [7, 11) is 0. The van der Waals surface area contributed by atoms with E-state index in [0.29, 0.717) is 6.61 Å².